The van der Waals surface area contributed by atoms with E-state index in [2.05, 4.69) is 24.2 Å². The quantitative estimate of drug-likeness (QED) is 0.736. The molecule has 1 heterocycles. The highest BCUT2D eigenvalue weighted by Gasteiger charge is 2.35. The molecule has 1 N–H and O–H groups in total. The van der Waals surface area contributed by atoms with Gasteiger partial charge in [0.25, 0.3) is 0 Å². The molecule has 0 aromatic heterocycles. The molecule has 1 saturated carbocycles. The van der Waals surface area contributed by atoms with Crippen molar-refractivity contribution in [1.29, 1.82) is 0 Å². The van der Waals surface area contributed by atoms with Gasteiger partial charge in [-0.2, -0.15) is 0 Å². The van der Waals surface area contributed by atoms with E-state index < -0.39 is 0 Å². The number of nitrogens with zero attached hydrogens (tertiary/aromatic N) is 1. The van der Waals surface area contributed by atoms with Crippen LogP contribution in [0.15, 0.2) is 0 Å². The van der Waals surface area contributed by atoms with Crippen LogP contribution in [-0.2, 0) is 0 Å². The molecule has 2 fully saturated rings. The predicted octanol–water partition coefficient (Wildman–Crippen LogP) is 1.72. The van der Waals surface area contributed by atoms with Gasteiger partial charge in [-0.3, -0.25) is 0 Å². The highest BCUT2D eigenvalue weighted by Crippen LogP contribution is 2.33. The van der Waals surface area contributed by atoms with E-state index in [9.17, 15) is 0 Å². The fourth-order valence-electron chi connectivity index (χ4n) is 2.71. The highest BCUT2D eigenvalue weighted by atomic mass is 15.1. The lowest BCUT2D eigenvalue weighted by Crippen LogP contribution is -2.38. The van der Waals surface area contributed by atoms with Gasteiger partial charge in [-0.1, -0.05) is 13.3 Å². The molecule has 1 saturated heterocycles. The first-order valence-electron chi connectivity index (χ1n) is 6.21. The topological polar surface area (TPSA) is 15.3 Å². The first kappa shape index (κ1) is 10.4. The summed E-state index contributed by atoms with van der Waals surface area (Å²) in [5.74, 6) is 1.91. The van der Waals surface area contributed by atoms with E-state index in [0.717, 1.165) is 17.9 Å². The summed E-state index contributed by atoms with van der Waals surface area (Å²) in [4.78, 5) is 2.47. The Hall–Kier alpha value is -0.0800. The minimum Gasteiger partial charge on any atom is -0.313 e. The van der Waals surface area contributed by atoms with Crippen molar-refractivity contribution in [1.82, 2.24) is 10.2 Å². The highest BCUT2D eigenvalue weighted by molar-refractivity contribution is 4.92. The van der Waals surface area contributed by atoms with Crippen LogP contribution in [0.5, 0.6) is 0 Å². The molecule has 1 aliphatic heterocycles. The lowest BCUT2D eigenvalue weighted by atomic mass is 9.98. The van der Waals surface area contributed by atoms with Crippen molar-refractivity contribution in [2.24, 2.45) is 11.8 Å². The summed E-state index contributed by atoms with van der Waals surface area (Å²) in [6.07, 6.45) is 5.62. The molecule has 0 aromatic rings. The summed E-state index contributed by atoms with van der Waals surface area (Å²) in [6, 6.07) is 0.868. The Balaban J connectivity index is 1.61. The van der Waals surface area contributed by atoms with Gasteiger partial charge in [-0.05, 0) is 51.2 Å². The summed E-state index contributed by atoms with van der Waals surface area (Å²) in [5.41, 5.74) is 0. The Kier molecular flexibility index (Phi) is 3.45. The zero-order valence-electron chi connectivity index (χ0n) is 9.63. The summed E-state index contributed by atoms with van der Waals surface area (Å²) in [6.45, 7) is 6.17. The monoisotopic (exact) mass is 196 g/mol. The maximum Gasteiger partial charge on any atom is 0.00991 e. The van der Waals surface area contributed by atoms with Crippen LogP contribution in [0, 0.1) is 11.8 Å². The van der Waals surface area contributed by atoms with E-state index in [0.29, 0.717) is 0 Å². The number of nitrogens with one attached hydrogen (secondary N) is 1. The zero-order chi connectivity index (χ0) is 9.97. The molecule has 1 aliphatic carbocycles. The second-order valence-corrected chi connectivity index (χ2v) is 5.19. The minimum absolute atomic E-state index is 0.868. The normalized spacial score (nSPS) is 38.6. The van der Waals surface area contributed by atoms with Crippen molar-refractivity contribution < 1.29 is 0 Å². The maximum atomic E-state index is 3.72. The first-order chi connectivity index (χ1) is 6.79. The Morgan fingerprint density at radius 3 is 2.93 bits per heavy atom. The van der Waals surface area contributed by atoms with Crippen LogP contribution in [0.25, 0.3) is 0 Å². The van der Waals surface area contributed by atoms with E-state index in [1.165, 1.54) is 45.3 Å². The van der Waals surface area contributed by atoms with Gasteiger partial charge in [0.15, 0.2) is 0 Å². The van der Waals surface area contributed by atoms with Gasteiger partial charge in [0, 0.05) is 12.6 Å². The summed E-state index contributed by atoms with van der Waals surface area (Å²) >= 11 is 0. The zero-order valence-corrected chi connectivity index (χ0v) is 9.63. The smallest absolute Gasteiger partial charge is 0.00991 e. The van der Waals surface area contributed by atoms with Crippen molar-refractivity contribution in [3.63, 3.8) is 0 Å². The lowest BCUT2D eigenvalue weighted by molar-refractivity contribution is 0.205. The predicted molar refractivity (Wildman–Crippen MR) is 60.4 cm³/mol. The average molecular weight is 196 g/mol. The third-order valence-corrected chi connectivity index (χ3v) is 3.84. The third-order valence-electron chi connectivity index (χ3n) is 3.84. The fourth-order valence-corrected chi connectivity index (χ4v) is 2.71. The van der Waals surface area contributed by atoms with Crippen LogP contribution >= 0.6 is 0 Å². The average Bonchev–Trinajstić information content (AvgIpc) is 2.93. The third kappa shape index (κ3) is 2.71. The molecule has 2 heteroatoms. The second-order valence-electron chi connectivity index (χ2n) is 5.19. The molecule has 3 unspecified atom stereocenters. The van der Waals surface area contributed by atoms with Gasteiger partial charge in [0.1, 0.15) is 0 Å². The number of likely N-dealkylation sites (tertiary alicyclic amines) is 1. The van der Waals surface area contributed by atoms with Crippen LogP contribution in [0.4, 0.5) is 0 Å². The van der Waals surface area contributed by atoms with E-state index in [4.69, 9.17) is 0 Å². The Morgan fingerprint density at radius 2 is 2.29 bits per heavy atom. The van der Waals surface area contributed by atoms with Crippen molar-refractivity contribution in [3.05, 3.63) is 0 Å². The standard InChI is InChI=1S/C12H24N2/c1-3-11-7-12(11)13-8-10-5-4-6-14(2)9-10/h10-13H,3-9H2,1-2H3. The van der Waals surface area contributed by atoms with Crippen molar-refractivity contribution in [2.45, 2.75) is 38.6 Å². The van der Waals surface area contributed by atoms with Crippen LogP contribution in [0.1, 0.15) is 32.6 Å². The van der Waals surface area contributed by atoms with E-state index in [1.807, 2.05) is 0 Å². The van der Waals surface area contributed by atoms with Gasteiger partial charge in [-0.15, -0.1) is 0 Å². The maximum absolute atomic E-state index is 3.72. The van der Waals surface area contributed by atoms with Crippen molar-refractivity contribution >= 4 is 0 Å². The molecule has 0 spiro atoms. The first-order valence-corrected chi connectivity index (χ1v) is 6.21. The molecule has 3 atom stereocenters. The minimum atomic E-state index is 0.868. The van der Waals surface area contributed by atoms with Crippen molar-refractivity contribution in [2.75, 3.05) is 26.7 Å². The number of hydrogen-bond acceptors (Lipinski definition) is 2. The van der Waals surface area contributed by atoms with Crippen LogP contribution in [0.3, 0.4) is 0 Å². The van der Waals surface area contributed by atoms with Gasteiger partial charge in [0.2, 0.25) is 0 Å². The van der Waals surface area contributed by atoms with E-state index >= 15 is 0 Å². The number of rotatable bonds is 4. The number of hydrogen-bond donors (Lipinski definition) is 1. The summed E-state index contributed by atoms with van der Waals surface area (Å²) in [5, 5.41) is 3.72. The molecule has 0 aromatic carbocycles. The van der Waals surface area contributed by atoms with Gasteiger partial charge in [-0.25, -0.2) is 0 Å². The molecule has 0 bridgehead atoms. The number of piperidine rings is 1. The van der Waals surface area contributed by atoms with Crippen LogP contribution in [-0.4, -0.2) is 37.6 Å². The molecule has 2 rings (SSSR count). The molecule has 2 nitrogen and oxygen atoms in total. The second kappa shape index (κ2) is 4.63. The molecular weight excluding hydrogens is 172 g/mol. The Labute approximate surface area is 88.1 Å². The van der Waals surface area contributed by atoms with Crippen LogP contribution in [0.2, 0.25) is 0 Å². The Morgan fingerprint density at radius 1 is 1.43 bits per heavy atom. The van der Waals surface area contributed by atoms with Gasteiger partial charge < -0.3 is 10.2 Å². The SMILES string of the molecule is CCC1CC1NCC1CCCN(C)C1. The van der Waals surface area contributed by atoms with E-state index in [1.54, 1.807) is 0 Å². The van der Waals surface area contributed by atoms with Crippen LogP contribution < -0.4 is 5.32 Å². The summed E-state index contributed by atoms with van der Waals surface area (Å²) in [7, 11) is 2.25. The molecule has 14 heavy (non-hydrogen) atoms. The summed E-state index contributed by atoms with van der Waals surface area (Å²) < 4.78 is 0. The van der Waals surface area contributed by atoms with Gasteiger partial charge in [0.05, 0.1) is 0 Å². The molecular formula is C12H24N2. The Bertz CT molecular complexity index is 181. The molecule has 0 radical (unpaired) electrons. The fraction of sp³-hybridized carbons (Fsp3) is 1.00. The molecule has 0 amide bonds. The lowest BCUT2D eigenvalue weighted by Gasteiger charge is -2.29. The molecule has 2 aliphatic rings. The largest absolute Gasteiger partial charge is 0.313 e. The molecule has 82 valence electrons. The van der Waals surface area contributed by atoms with Gasteiger partial charge >= 0.3 is 0 Å². The van der Waals surface area contributed by atoms with E-state index in [-0.39, 0.29) is 0 Å². The van der Waals surface area contributed by atoms with Crippen molar-refractivity contribution in [3.8, 4) is 0 Å².